The Morgan fingerprint density at radius 2 is 1.69 bits per heavy atom. The highest BCUT2D eigenvalue weighted by Gasteiger charge is 2.31. The maximum Gasteiger partial charge on any atom is 0.0820 e. The number of rotatable bonds is 3. The van der Waals surface area contributed by atoms with E-state index in [1.165, 1.54) is 49.7 Å². The molecule has 2 saturated carbocycles. The molecule has 16 heavy (non-hydrogen) atoms. The van der Waals surface area contributed by atoms with Crippen molar-refractivity contribution in [3.05, 3.63) is 35.4 Å². The third kappa shape index (κ3) is 1.89. The molecule has 0 spiro atoms. The van der Waals surface area contributed by atoms with Gasteiger partial charge in [0.1, 0.15) is 0 Å². The van der Waals surface area contributed by atoms with Gasteiger partial charge in [-0.15, -0.1) is 0 Å². The first-order valence-corrected chi connectivity index (χ1v) is 6.63. The minimum Gasteiger partial charge on any atom is -0.388 e. The van der Waals surface area contributed by atoms with Gasteiger partial charge in [0.25, 0.3) is 0 Å². The van der Waals surface area contributed by atoms with Crippen molar-refractivity contribution in [2.24, 2.45) is 5.92 Å². The van der Waals surface area contributed by atoms with Gasteiger partial charge in [0.2, 0.25) is 0 Å². The molecule has 0 aliphatic heterocycles. The Labute approximate surface area is 97.5 Å². The second-order valence-corrected chi connectivity index (χ2v) is 5.39. The summed E-state index contributed by atoms with van der Waals surface area (Å²) in [5, 5.41) is 10.5. The summed E-state index contributed by atoms with van der Waals surface area (Å²) in [6.45, 7) is 0. The molecular formula is C15H20O. The van der Waals surface area contributed by atoms with Gasteiger partial charge >= 0.3 is 0 Å². The zero-order chi connectivity index (χ0) is 11.0. The van der Waals surface area contributed by atoms with Gasteiger partial charge in [0.05, 0.1) is 6.10 Å². The SMILES string of the molecule is OC(c1ccccc1C1CC1)C1CCCC1. The van der Waals surface area contributed by atoms with Gasteiger partial charge in [-0.2, -0.15) is 0 Å². The van der Waals surface area contributed by atoms with Crippen molar-refractivity contribution in [2.45, 2.75) is 50.5 Å². The molecule has 1 atom stereocenters. The zero-order valence-corrected chi connectivity index (χ0v) is 9.73. The molecule has 1 heteroatoms. The van der Waals surface area contributed by atoms with Gasteiger partial charge in [0, 0.05) is 0 Å². The molecule has 1 aromatic rings. The predicted molar refractivity (Wildman–Crippen MR) is 65.3 cm³/mol. The monoisotopic (exact) mass is 216 g/mol. The van der Waals surface area contributed by atoms with Crippen LogP contribution in [0.4, 0.5) is 0 Å². The third-order valence-electron chi connectivity index (χ3n) is 4.18. The molecule has 1 aromatic carbocycles. The van der Waals surface area contributed by atoms with Crippen LogP contribution in [0, 0.1) is 5.92 Å². The number of aliphatic hydroxyl groups is 1. The average molecular weight is 216 g/mol. The number of aliphatic hydroxyl groups excluding tert-OH is 1. The van der Waals surface area contributed by atoms with E-state index in [1.807, 2.05) is 0 Å². The van der Waals surface area contributed by atoms with Crippen molar-refractivity contribution in [2.75, 3.05) is 0 Å². The van der Waals surface area contributed by atoms with Crippen molar-refractivity contribution in [1.29, 1.82) is 0 Å². The fourth-order valence-electron chi connectivity index (χ4n) is 3.07. The molecule has 2 aliphatic carbocycles. The van der Waals surface area contributed by atoms with E-state index in [9.17, 15) is 5.11 Å². The van der Waals surface area contributed by atoms with Crippen LogP contribution >= 0.6 is 0 Å². The van der Waals surface area contributed by atoms with Crippen LogP contribution in [-0.2, 0) is 0 Å². The minimum absolute atomic E-state index is 0.209. The number of hydrogen-bond acceptors (Lipinski definition) is 1. The lowest BCUT2D eigenvalue weighted by Gasteiger charge is -2.21. The Balaban J connectivity index is 1.86. The van der Waals surface area contributed by atoms with E-state index in [0.717, 1.165) is 5.92 Å². The zero-order valence-electron chi connectivity index (χ0n) is 9.73. The molecule has 1 nitrogen and oxygen atoms in total. The van der Waals surface area contributed by atoms with Gasteiger partial charge in [0.15, 0.2) is 0 Å². The van der Waals surface area contributed by atoms with E-state index in [0.29, 0.717) is 5.92 Å². The minimum atomic E-state index is -0.209. The highest BCUT2D eigenvalue weighted by atomic mass is 16.3. The molecule has 1 unspecified atom stereocenters. The summed E-state index contributed by atoms with van der Waals surface area (Å²) in [4.78, 5) is 0. The standard InChI is InChI=1S/C15H20O/c16-15(12-5-1-2-6-12)14-8-4-3-7-13(14)11-9-10-11/h3-4,7-8,11-12,15-16H,1-2,5-6,9-10H2. The van der Waals surface area contributed by atoms with Crippen LogP contribution in [0.3, 0.4) is 0 Å². The van der Waals surface area contributed by atoms with Crippen LogP contribution in [-0.4, -0.2) is 5.11 Å². The van der Waals surface area contributed by atoms with E-state index >= 15 is 0 Å². The van der Waals surface area contributed by atoms with Crippen LogP contribution in [0.1, 0.15) is 61.7 Å². The van der Waals surface area contributed by atoms with Gasteiger partial charge in [-0.1, -0.05) is 37.1 Å². The molecular weight excluding hydrogens is 196 g/mol. The Bertz CT molecular complexity index is 361. The molecule has 0 aromatic heterocycles. The molecule has 0 bridgehead atoms. The largest absolute Gasteiger partial charge is 0.388 e. The summed E-state index contributed by atoms with van der Waals surface area (Å²) in [5.74, 6) is 1.26. The molecule has 2 aliphatic rings. The molecule has 86 valence electrons. The summed E-state index contributed by atoms with van der Waals surface area (Å²) >= 11 is 0. The normalized spacial score (nSPS) is 23.6. The summed E-state index contributed by atoms with van der Waals surface area (Å²) in [5.41, 5.74) is 2.64. The summed E-state index contributed by atoms with van der Waals surface area (Å²) < 4.78 is 0. The molecule has 0 amide bonds. The number of hydrogen-bond donors (Lipinski definition) is 1. The highest BCUT2D eigenvalue weighted by molar-refractivity contribution is 5.35. The second-order valence-electron chi connectivity index (χ2n) is 5.39. The van der Waals surface area contributed by atoms with Gasteiger partial charge < -0.3 is 5.11 Å². The summed E-state index contributed by atoms with van der Waals surface area (Å²) in [7, 11) is 0. The van der Waals surface area contributed by atoms with Gasteiger partial charge in [-0.25, -0.2) is 0 Å². The molecule has 0 saturated heterocycles. The predicted octanol–water partition coefficient (Wildman–Crippen LogP) is 3.79. The van der Waals surface area contributed by atoms with Crippen LogP contribution in [0.25, 0.3) is 0 Å². The molecule has 2 fully saturated rings. The van der Waals surface area contributed by atoms with Crippen molar-refractivity contribution < 1.29 is 5.11 Å². The fourth-order valence-corrected chi connectivity index (χ4v) is 3.07. The van der Waals surface area contributed by atoms with Crippen LogP contribution in [0.15, 0.2) is 24.3 Å². The quantitative estimate of drug-likeness (QED) is 0.815. The first-order valence-electron chi connectivity index (χ1n) is 6.63. The number of benzene rings is 1. The maximum atomic E-state index is 10.5. The lowest BCUT2D eigenvalue weighted by atomic mass is 9.90. The van der Waals surface area contributed by atoms with Crippen molar-refractivity contribution >= 4 is 0 Å². The maximum absolute atomic E-state index is 10.5. The topological polar surface area (TPSA) is 20.2 Å². The Morgan fingerprint density at radius 1 is 1.00 bits per heavy atom. The van der Waals surface area contributed by atoms with Crippen LogP contribution in [0.5, 0.6) is 0 Å². The van der Waals surface area contributed by atoms with E-state index in [-0.39, 0.29) is 6.10 Å². The molecule has 0 radical (unpaired) electrons. The van der Waals surface area contributed by atoms with E-state index in [1.54, 1.807) is 0 Å². The summed E-state index contributed by atoms with van der Waals surface area (Å²) in [6.07, 6.45) is 7.43. The highest BCUT2D eigenvalue weighted by Crippen LogP contribution is 2.45. The summed E-state index contributed by atoms with van der Waals surface area (Å²) in [6, 6.07) is 8.53. The average Bonchev–Trinajstić information content (AvgIpc) is 3.03. The van der Waals surface area contributed by atoms with Gasteiger partial charge in [-0.3, -0.25) is 0 Å². The van der Waals surface area contributed by atoms with E-state index in [4.69, 9.17) is 0 Å². The first kappa shape index (κ1) is 10.3. The van der Waals surface area contributed by atoms with Crippen molar-refractivity contribution in [3.8, 4) is 0 Å². The van der Waals surface area contributed by atoms with Crippen LogP contribution < -0.4 is 0 Å². The van der Waals surface area contributed by atoms with Gasteiger partial charge in [-0.05, 0) is 48.6 Å². The van der Waals surface area contributed by atoms with Crippen LogP contribution in [0.2, 0.25) is 0 Å². The Morgan fingerprint density at radius 3 is 2.38 bits per heavy atom. The third-order valence-corrected chi connectivity index (χ3v) is 4.18. The Hall–Kier alpha value is -0.820. The second kappa shape index (κ2) is 4.21. The lowest BCUT2D eigenvalue weighted by molar-refractivity contribution is 0.111. The first-order chi connectivity index (χ1) is 7.86. The van der Waals surface area contributed by atoms with Crippen molar-refractivity contribution in [3.63, 3.8) is 0 Å². The Kier molecular flexibility index (Phi) is 2.72. The molecule has 0 heterocycles. The van der Waals surface area contributed by atoms with E-state index < -0.39 is 0 Å². The molecule has 1 N–H and O–H groups in total. The van der Waals surface area contributed by atoms with Crippen molar-refractivity contribution in [1.82, 2.24) is 0 Å². The van der Waals surface area contributed by atoms with E-state index in [2.05, 4.69) is 24.3 Å². The lowest BCUT2D eigenvalue weighted by Crippen LogP contribution is -2.10. The smallest absolute Gasteiger partial charge is 0.0820 e. The molecule has 3 rings (SSSR count). The fraction of sp³-hybridized carbons (Fsp3) is 0.600.